The Labute approximate surface area is 275 Å². The monoisotopic (exact) mass is 712 g/mol. The van der Waals surface area contributed by atoms with Gasteiger partial charge in [-0.15, -0.1) is 5.98 Å². The maximum Gasteiger partial charge on any atom is 0.249 e. The first-order valence-electron chi connectivity index (χ1n) is 14.8. The summed E-state index contributed by atoms with van der Waals surface area (Å²) in [5, 5.41) is 1.54. The second kappa shape index (κ2) is 13.5. The Morgan fingerprint density at radius 2 is 0.729 bits per heavy atom. The summed E-state index contributed by atoms with van der Waals surface area (Å²) >= 11 is 0. The van der Waals surface area contributed by atoms with Crippen molar-refractivity contribution in [3.05, 3.63) is 127 Å². The summed E-state index contributed by atoms with van der Waals surface area (Å²) < 4.78 is 150. The highest BCUT2D eigenvalue weighted by Crippen LogP contribution is 2.51. The topological polar surface area (TPSA) is 0 Å². The number of halogens is 10. The van der Waals surface area contributed by atoms with Crippen molar-refractivity contribution in [2.24, 2.45) is 0 Å². The largest absolute Gasteiger partial charge is 0.249 e. The fraction of sp³-hybridized carbons (Fsp3) is 0.257. The minimum atomic E-state index is -2.93. The number of benzene rings is 4. The molecule has 0 aliphatic rings. The molecule has 0 aliphatic heterocycles. The van der Waals surface area contributed by atoms with Gasteiger partial charge in [-0.25, -0.2) is 43.9 Å². The van der Waals surface area contributed by atoms with Crippen molar-refractivity contribution in [3.63, 3.8) is 0 Å². The Balaban J connectivity index is 2.32. The van der Waals surface area contributed by atoms with E-state index in [1.54, 1.807) is 19.6 Å². The highest BCUT2D eigenvalue weighted by atomic mass is 31.1. The van der Waals surface area contributed by atoms with Crippen molar-refractivity contribution in [2.45, 2.75) is 61.2 Å². The molecule has 0 nitrogen and oxygen atoms in total. The molecule has 4 aromatic rings. The summed E-state index contributed by atoms with van der Waals surface area (Å²) in [6.45, 7) is 13.9. The predicted molar refractivity (Wildman–Crippen MR) is 176 cm³/mol. The van der Waals surface area contributed by atoms with Crippen LogP contribution in [0.25, 0.3) is 0 Å². The van der Waals surface area contributed by atoms with Gasteiger partial charge in [0.1, 0.15) is 0 Å². The molecule has 0 saturated carbocycles. The summed E-state index contributed by atoms with van der Waals surface area (Å²) in [4.78, 5) is 0.362. The summed E-state index contributed by atoms with van der Waals surface area (Å²) in [7, 11) is -4.73. The third-order valence-corrected chi connectivity index (χ3v) is 15.5. The number of aryl methyl sites for hydroxylation is 6. The summed E-state index contributed by atoms with van der Waals surface area (Å²) in [6.07, 6.45) is 0. The third kappa shape index (κ3) is 6.50. The number of hydrogen-bond acceptors (Lipinski definition) is 0. The van der Waals surface area contributed by atoms with E-state index in [2.05, 4.69) is 0 Å². The Hall–Kier alpha value is -3.37. The van der Waals surface area contributed by atoms with Gasteiger partial charge in [0.25, 0.3) is 0 Å². The molecule has 4 rings (SSSR count). The lowest BCUT2D eigenvalue weighted by Gasteiger charge is -2.35. The zero-order chi connectivity index (χ0) is 36.3. The Morgan fingerprint density at radius 1 is 0.479 bits per heavy atom. The fourth-order valence-corrected chi connectivity index (χ4v) is 13.0. The van der Waals surface area contributed by atoms with Crippen molar-refractivity contribution >= 4 is 44.2 Å². The van der Waals surface area contributed by atoms with E-state index in [0.717, 1.165) is 50.0 Å². The van der Waals surface area contributed by atoms with Gasteiger partial charge in [0.2, 0.25) is 6.71 Å². The lowest BCUT2D eigenvalue weighted by Crippen LogP contribution is -2.51. The normalized spacial score (nSPS) is 12.4. The molecule has 254 valence electrons. The first kappa shape index (κ1) is 37.5. The third-order valence-electron chi connectivity index (χ3n) is 8.16. The lowest BCUT2D eigenvalue weighted by molar-refractivity contribution is 0.382. The average molecular weight is 712 g/mol. The van der Waals surface area contributed by atoms with E-state index in [0.29, 0.717) is 4.94 Å². The van der Waals surface area contributed by atoms with Crippen LogP contribution in [0.1, 0.15) is 33.4 Å². The molecule has 0 unspecified atom stereocenters. The van der Waals surface area contributed by atoms with Crippen molar-refractivity contribution in [1.29, 1.82) is 0 Å². The molecule has 0 aromatic heterocycles. The second-order valence-electron chi connectivity index (χ2n) is 13.1. The van der Waals surface area contributed by atoms with Gasteiger partial charge < -0.3 is 0 Å². The summed E-state index contributed by atoms with van der Waals surface area (Å²) in [5.74, 6) is -23.7. The Bertz CT molecular complexity index is 1770. The molecule has 0 saturated heterocycles. The van der Waals surface area contributed by atoms with Gasteiger partial charge >= 0.3 is 0 Å². The van der Waals surface area contributed by atoms with Gasteiger partial charge in [0.15, 0.2) is 58.2 Å². The van der Waals surface area contributed by atoms with Crippen LogP contribution in [0.2, 0.25) is 19.6 Å². The van der Waals surface area contributed by atoms with Gasteiger partial charge in [-0.05, 0) is 82.3 Å². The van der Waals surface area contributed by atoms with Crippen molar-refractivity contribution < 1.29 is 43.9 Å². The zero-order valence-electron chi connectivity index (χ0n) is 27.7. The molecule has 0 spiro atoms. The molecular formula is C35H32BF10PSi. The summed E-state index contributed by atoms with van der Waals surface area (Å²) in [6, 6.07) is 7.63. The van der Waals surface area contributed by atoms with Crippen LogP contribution >= 0.6 is 7.92 Å². The maximum absolute atomic E-state index is 15.6. The SMILES string of the molecule is Cc1cc(C)c(P(/C(=C\B(c2c(F)c(F)c(F)c(F)c2F)c2c(F)c(F)c(F)c(F)c2F)[Si](C)(C)C)c2c(C)cc(C)cc2C)c(C)c1. The maximum atomic E-state index is 15.6. The van der Waals surface area contributed by atoms with E-state index in [-0.39, 0.29) is 0 Å². The minimum absolute atomic E-state index is 0.362. The molecule has 0 amide bonds. The van der Waals surface area contributed by atoms with Crippen LogP contribution in [0.15, 0.2) is 35.2 Å². The molecule has 0 bridgehead atoms. The van der Waals surface area contributed by atoms with E-state index in [1.807, 2.05) is 65.8 Å². The molecule has 0 aliphatic carbocycles. The average Bonchev–Trinajstić information content (AvgIpc) is 2.97. The molecule has 13 heteroatoms. The van der Waals surface area contributed by atoms with Crippen LogP contribution in [-0.2, 0) is 0 Å². The molecule has 0 fully saturated rings. The first-order valence-corrected chi connectivity index (χ1v) is 19.7. The van der Waals surface area contributed by atoms with Crippen molar-refractivity contribution in [1.82, 2.24) is 0 Å². The molecule has 0 N–H and O–H groups in total. The molecule has 0 radical (unpaired) electrons. The van der Waals surface area contributed by atoms with Gasteiger partial charge in [-0.1, -0.05) is 60.0 Å². The smallest absolute Gasteiger partial charge is 0.204 e. The molecule has 48 heavy (non-hydrogen) atoms. The van der Waals surface area contributed by atoms with E-state index in [4.69, 9.17) is 0 Å². The van der Waals surface area contributed by atoms with Gasteiger partial charge in [-0.2, -0.15) is 0 Å². The van der Waals surface area contributed by atoms with Crippen LogP contribution in [0.3, 0.4) is 0 Å². The van der Waals surface area contributed by atoms with Crippen LogP contribution < -0.4 is 21.5 Å². The predicted octanol–water partition coefficient (Wildman–Crippen LogP) is 8.97. The van der Waals surface area contributed by atoms with Gasteiger partial charge in [0, 0.05) is 10.9 Å². The van der Waals surface area contributed by atoms with Crippen LogP contribution in [0.5, 0.6) is 0 Å². The first-order chi connectivity index (χ1) is 22.1. The minimum Gasteiger partial charge on any atom is -0.204 e. The van der Waals surface area contributed by atoms with E-state index < -0.39 is 91.8 Å². The van der Waals surface area contributed by atoms with Crippen LogP contribution in [-0.4, -0.2) is 14.8 Å². The highest BCUT2D eigenvalue weighted by molar-refractivity contribution is 7.80. The fourth-order valence-electron chi connectivity index (χ4n) is 6.32. The second-order valence-corrected chi connectivity index (χ2v) is 20.6. The zero-order valence-corrected chi connectivity index (χ0v) is 29.6. The standard InChI is InChI=1S/C35H32BF10PSi/c1-15-10-17(3)34(18(4)11-15)47(35-19(5)12-16(2)13-20(35)6)21(48(7,8)9)14-36(22-24(37)28(41)32(45)29(42)25(22)38)23-26(39)30(43)33(46)31(44)27(23)40/h10-14H,1-9H3/b21-14+. The molecular weight excluding hydrogens is 680 g/mol. The quantitative estimate of drug-likeness (QED) is 0.0591. The van der Waals surface area contributed by atoms with Gasteiger partial charge in [0.05, 0.1) is 8.07 Å². The van der Waals surface area contributed by atoms with Crippen molar-refractivity contribution in [2.75, 3.05) is 0 Å². The van der Waals surface area contributed by atoms with Crippen LogP contribution in [0.4, 0.5) is 43.9 Å². The highest BCUT2D eigenvalue weighted by Gasteiger charge is 2.41. The van der Waals surface area contributed by atoms with Crippen molar-refractivity contribution in [3.8, 4) is 0 Å². The van der Waals surface area contributed by atoms with Crippen LogP contribution in [0, 0.1) is 99.7 Å². The molecule has 4 aromatic carbocycles. The van der Waals surface area contributed by atoms with E-state index >= 15 is 17.6 Å². The Kier molecular flexibility index (Phi) is 10.5. The molecule has 0 atom stereocenters. The lowest BCUT2D eigenvalue weighted by atomic mass is 9.40. The number of rotatable bonds is 7. The summed E-state index contributed by atoms with van der Waals surface area (Å²) in [5.41, 5.74) is 1.54. The Morgan fingerprint density at radius 3 is 0.979 bits per heavy atom. The van der Waals surface area contributed by atoms with E-state index in [9.17, 15) is 26.3 Å². The number of hydrogen-bond donors (Lipinski definition) is 0. The van der Waals surface area contributed by atoms with Gasteiger partial charge in [-0.3, -0.25) is 0 Å². The molecule has 0 heterocycles. The van der Waals surface area contributed by atoms with E-state index in [1.165, 1.54) is 0 Å².